The average molecular weight is 401 g/mol. The number of nitrogens with one attached hydrogen (secondary N) is 2. The first-order valence-corrected chi connectivity index (χ1v) is 10.5. The van der Waals surface area contributed by atoms with Crippen molar-refractivity contribution in [2.75, 3.05) is 13.2 Å². The average Bonchev–Trinajstić information content (AvgIpc) is 3.03. The van der Waals surface area contributed by atoms with Crippen LogP contribution in [-0.2, 0) is 18.3 Å². The molecule has 2 N–H and O–H groups in total. The summed E-state index contributed by atoms with van der Waals surface area (Å²) in [5.74, 6) is 2.97. The molecule has 1 aromatic carbocycles. The second kappa shape index (κ2) is 11.6. The molecule has 1 aromatic heterocycles. The molecule has 0 aliphatic heterocycles. The van der Waals surface area contributed by atoms with Gasteiger partial charge in [0.25, 0.3) is 0 Å². The monoisotopic (exact) mass is 400 g/mol. The van der Waals surface area contributed by atoms with Gasteiger partial charge < -0.3 is 19.9 Å². The molecule has 29 heavy (non-hydrogen) atoms. The Morgan fingerprint density at radius 2 is 1.90 bits per heavy atom. The zero-order valence-electron chi connectivity index (χ0n) is 18.6. The van der Waals surface area contributed by atoms with Gasteiger partial charge >= 0.3 is 0 Å². The molecule has 2 atom stereocenters. The smallest absolute Gasteiger partial charge is 0.192 e. The lowest BCUT2D eigenvalue weighted by molar-refractivity contribution is 0.0258. The number of aryl methyl sites for hydroxylation is 1. The summed E-state index contributed by atoms with van der Waals surface area (Å²) in [6.07, 6.45) is 1.16. The van der Waals surface area contributed by atoms with Crippen LogP contribution in [-0.4, -0.2) is 40.0 Å². The van der Waals surface area contributed by atoms with Crippen LogP contribution in [0.25, 0.3) is 0 Å². The Morgan fingerprint density at radius 3 is 2.48 bits per heavy atom. The maximum atomic E-state index is 5.86. The van der Waals surface area contributed by atoms with Crippen LogP contribution in [0.2, 0.25) is 0 Å². The van der Waals surface area contributed by atoms with E-state index in [1.807, 2.05) is 31.5 Å². The zero-order chi connectivity index (χ0) is 21.2. The molecular formula is C22H36N6O. The Kier molecular flexibility index (Phi) is 9.12. The lowest BCUT2D eigenvalue weighted by atomic mass is 10.0. The number of aliphatic imine (C=N–C) groups is 1. The number of nitrogens with zero attached hydrogens (tertiary/aromatic N) is 4. The highest BCUT2D eigenvalue weighted by molar-refractivity contribution is 5.80. The summed E-state index contributed by atoms with van der Waals surface area (Å²) in [6, 6.07) is 10.5. The van der Waals surface area contributed by atoms with Crippen LogP contribution in [0.15, 0.2) is 35.3 Å². The van der Waals surface area contributed by atoms with Crippen LogP contribution in [0.5, 0.6) is 0 Å². The molecule has 2 aromatic rings. The van der Waals surface area contributed by atoms with E-state index in [1.54, 1.807) is 0 Å². The molecule has 0 aliphatic rings. The van der Waals surface area contributed by atoms with E-state index in [4.69, 9.17) is 9.73 Å². The van der Waals surface area contributed by atoms with Gasteiger partial charge in [0.2, 0.25) is 0 Å². The van der Waals surface area contributed by atoms with Crippen molar-refractivity contribution in [1.82, 2.24) is 25.4 Å². The van der Waals surface area contributed by atoms with Gasteiger partial charge in [-0.25, -0.2) is 4.99 Å². The van der Waals surface area contributed by atoms with E-state index in [0.717, 1.165) is 37.2 Å². The highest BCUT2D eigenvalue weighted by Crippen LogP contribution is 2.12. The predicted octanol–water partition coefficient (Wildman–Crippen LogP) is 3.37. The third kappa shape index (κ3) is 7.16. The maximum Gasteiger partial charge on any atom is 0.192 e. The van der Waals surface area contributed by atoms with Crippen LogP contribution in [0.1, 0.15) is 57.4 Å². The molecule has 7 heteroatoms. The van der Waals surface area contributed by atoms with Gasteiger partial charge in [-0.05, 0) is 38.7 Å². The molecule has 0 bridgehead atoms. The second-order valence-corrected chi connectivity index (χ2v) is 7.62. The summed E-state index contributed by atoms with van der Waals surface area (Å²) in [5.41, 5.74) is 1.21. The van der Waals surface area contributed by atoms with Crippen molar-refractivity contribution in [3.8, 4) is 0 Å². The molecule has 0 saturated heterocycles. The van der Waals surface area contributed by atoms with Crippen LogP contribution in [0.4, 0.5) is 0 Å². The minimum atomic E-state index is 0.136. The first-order valence-electron chi connectivity index (χ1n) is 10.5. The fourth-order valence-corrected chi connectivity index (χ4v) is 3.08. The molecule has 160 valence electrons. The third-order valence-electron chi connectivity index (χ3n) is 5.06. The van der Waals surface area contributed by atoms with Crippen molar-refractivity contribution in [3.05, 3.63) is 47.5 Å². The van der Waals surface area contributed by atoms with E-state index in [-0.39, 0.29) is 12.1 Å². The normalized spacial score (nSPS) is 14.1. The Morgan fingerprint density at radius 1 is 1.17 bits per heavy atom. The molecular weight excluding hydrogens is 364 g/mol. The standard InChI is InChI=1S/C22H36N6O/c1-7-29-20(16(2)3)13-14-23-22(24-15-21-27-26-18(5)28(21)6)25-17(4)19-11-9-8-10-12-19/h8-12,16-17,20H,7,13-15H2,1-6H3,(H2,23,24,25). The third-order valence-corrected chi connectivity index (χ3v) is 5.06. The molecule has 0 radical (unpaired) electrons. The summed E-state index contributed by atoms with van der Waals surface area (Å²) < 4.78 is 7.83. The number of rotatable bonds is 10. The molecule has 2 rings (SSSR count). The second-order valence-electron chi connectivity index (χ2n) is 7.62. The van der Waals surface area contributed by atoms with Crippen molar-refractivity contribution >= 4 is 5.96 Å². The van der Waals surface area contributed by atoms with Crippen LogP contribution >= 0.6 is 0 Å². The predicted molar refractivity (Wildman–Crippen MR) is 118 cm³/mol. The topological polar surface area (TPSA) is 76.4 Å². The van der Waals surface area contributed by atoms with Gasteiger partial charge in [0.1, 0.15) is 12.4 Å². The van der Waals surface area contributed by atoms with Crippen LogP contribution in [0, 0.1) is 12.8 Å². The van der Waals surface area contributed by atoms with Crippen molar-refractivity contribution in [3.63, 3.8) is 0 Å². The minimum absolute atomic E-state index is 0.136. The Labute approximate surface area is 175 Å². The van der Waals surface area contributed by atoms with Gasteiger partial charge in [-0.1, -0.05) is 44.2 Å². The van der Waals surface area contributed by atoms with Gasteiger partial charge in [-0.2, -0.15) is 0 Å². The summed E-state index contributed by atoms with van der Waals surface area (Å²) in [7, 11) is 1.96. The number of guanidine groups is 1. The number of benzene rings is 1. The molecule has 0 aliphatic carbocycles. The lowest BCUT2D eigenvalue weighted by Gasteiger charge is -2.23. The van der Waals surface area contributed by atoms with Gasteiger partial charge in [0.15, 0.2) is 11.8 Å². The minimum Gasteiger partial charge on any atom is -0.378 e. The van der Waals surface area contributed by atoms with E-state index in [2.05, 4.69) is 65.9 Å². The maximum absolute atomic E-state index is 5.86. The molecule has 2 unspecified atom stereocenters. The quantitative estimate of drug-likeness (QED) is 0.472. The summed E-state index contributed by atoms with van der Waals surface area (Å²) >= 11 is 0. The largest absolute Gasteiger partial charge is 0.378 e. The number of aromatic nitrogens is 3. The fourth-order valence-electron chi connectivity index (χ4n) is 3.08. The van der Waals surface area contributed by atoms with E-state index in [9.17, 15) is 0 Å². The van der Waals surface area contributed by atoms with Crippen molar-refractivity contribution in [2.24, 2.45) is 18.0 Å². The highest BCUT2D eigenvalue weighted by Gasteiger charge is 2.14. The van der Waals surface area contributed by atoms with Gasteiger partial charge in [-0.3, -0.25) is 0 Å². The molecule has 0 saturated carbocycles. The van der Waals surface area contributed by atoms with E-state index in [0.29, 0.717) is 12.5 Å². The highest BCUT2D eigenvalue weighted by atomic mass is 16.5. The van der Waals surface area contributed by atoms with Crippen molar-refractivity contribution in [1.29, 1.82) is 0 Å². The number of hydrogen-bond acceptors (Lipinski definition) is 4. The van der Waals surface area contributed by atoms with Crippen LogP contribution < -0.4 is 10.6 Å². The number of hydrogen-bond donors (Lipinski definition) is 2. The molecule has 0 fully saturated rings. The summed E-state index contributed by atoms with van der Waals surface area (Å²) in [4.78, 5) is 4.75. The van der Waals surface area contributed by atoms with Crippen molar-refractivity contribution in [2.45, 2.75) is 59.7 Å². The van der Waals surface area contributed by atoms with Gasteiger partial charge in [0.05, 0.1) is 12.1 Å². The first-order chi connectivity index (χ1) is 13.9. The summed E-state index contributed by atoms with van der Waals surface area (Å²) in [6.45, 7) is 12.5. The number of ether oxygens (including phenoxy) is 1. The van der Waals surface area contributed by atoms with E-state index < -0.39 is 0 Å². The molecule has 7 nitrogen and oxygen atoms in total. The molecule has 0 amide bonds. The SMILES string of the molecule is CCOC(CCNC(=NCc1nnc(C)n1C)NC(C)c1ccccc1)C(C)C. The van der Waals surface area contributed by atoms with E-state index in [1.165, 1.54) is 5.56 Å². The Hall–Kier alpha value is -2.41. The first kappa shape index (κ1) is 22.9. The Bertz CT molecular complexity index is 756. The molecule has 0 spiro atoms. The fraction of sp³-hybridized carbons (Fsp3) is 0.591. The van der Waals surface area contributed by atoms with Gasteiger partial charge in [-0.15, -0.1) is 10.2 Å². The van der Waals surface area contributed by atoms with Crippen LogP contribution in [0.3, 0.4) is 0 Å². The van der Waals surface area contributed by atoms with Gasteiger partial charge in [0, 0.05) is 20.2 Å². The lowest BCUT2D eigenvalue weighted by Crippen LogP contribution is -2.40. The molecule has 1 heterocycles. The summed E-state index contributed by atoms with van der Waals surface area (Å²) in [5, 5.41) is 15.3. The Balaban J connectivity index is 2.05. The zero-order valence-corrected chi connectivity index (χ0v) is 18.6. The van der Waals surface area contributed by atoms with Crippen molar-refractivity contribution < 1.29 is 4.74 Å². The van der Waals surface area contributed by atoms with E-state index >= 15 is 0 Å².